The predicted molar refractivity (Wildman–Crippen MR) is 130 cm³/mol. The van der Waals surface area contributed by atoms with Crippen LogP contribution in [0.25, 0.3) is 10.9 Å². The van der Waals surface area contributed by atoms with Crippen molar-refractivity contribution < 1.29 is 23.9 Å². The van der Waals surface area contributed by atoms with Crippen LogP contribution in [0, 0.1) is 11.8 Å². The molecule has 1 aliphatic carbocycles. The van der Waals surface area contributed by atoms with E-state index in [1.54, 1.807) is 0 Å². The summed E-state index contributed by atoms with van der Waals surface area (Å²) in [6.45, 7) is 0.930. The normalized spacial score (nSPS) is 22.0. The van der Waals surface area contributed by atoms with E-state index in [1.165, 1.54) is 23.0 Å². The summed E-state index contributed by atoms with van der Waals surface area (Å²) < 4.78 is 4.81. The molecular weight excluding hydrogens is 448 g/mol. The van der Waals surface area contributed by atoms with E-state index in [0.29, 0.717) is 51.6 Å². The van der Waals surface area contributed by atoms with Gasteiger partial charge in [-0.3, -0.25) is 19.3 Å². The third-order valence-electron chi connectivity index (χ3n) is 7.20. The number of carbonyl (C=O) groups excluding carboxylic acids is 4. The van der Waals surface area contributed by atoms with Crippen LogP contribution in [0.4, 0.5) is 4.79 Å². The first kappa shape index (κ1) is 24.8. The Morgan fingerprint density at radius 2 is 1.97 bits per heavy atom. The lowest BCUT2D eigenvalue weighted by atomic mass is 9.76. The summed E-state index contributed by atoms with van der Waals surface area (Å²) in [5.41, 5.74) is 2.28. The van der Waals surface area contributed by atoms with Gasteiger partial charge in [-0.25, -0.2) is 4.79 Å². The van der Waals surface area contributed by atoms with Gasteiger partial charge in [0.05, 0.1) is 18.9 Å². The maximum absolute atomic E-state index is 12.9. The summed E-state index contributed by atoms with van der Waals surface area (Å²) in [7, 11) is 1.36. The number of imide groups is 1. The topological polar surface area (TPSA) is 121 Å². The second-order valence-corrected chi connectivity index (χ2v) is 9.46. The number of aromatic nitrogens is 1. The van der Waals surface area contributed by atoms with Gasteiger partial charge in [0.1, 0.15) is 0 Å². The average Bonchev–Trinajstić information content (AvgIpc) is 3.27. The Morgan fingerprint density at radius 3 is 2.80 bits per heavy atom. The quantitative estimate of drug-likeness (QED) is 0.355. The van der Waals surface area contributed by atoms with Gasteiger partial charge in [-0.05, 0) is 50.2 Å². The first-order chi connectivity index (χ1) is 17.0. The zero-order valence-corrected chi connectivity index (χ0v) is 20.2. The van der Waals surface area contributed by atoms with E-state index in [1.807, 2.05) is 24.4 Å². The molecule has 2 aliphatic rings. The number of unbranched alkanes of at least 4 members (excludes halogenated alkanes) is 2. The van der Waals surface area contributed by atoms with Crippen LogP contribution in [0.5, 0.6) is 0 Å². The molecule has 9 heteroatoms. The molecular formula is C26H34N4O5. The van der Waals surface area contributed by atoms with E-state index in [2.05, 4.69) is 21.7 Å². The Kier molecular flexibility index (Phi) is 8.05. The summed E-state index contributed by atoms with van der Waals surface area (Å²) in [4.78, 5) is 53.9. The monoisotopic (exact) mass is 482 g/mol. The molecule has 3 N–H and O–H groups in total. The van der Waals surface area contributed by atoms with Crippen molar-refractivity contribution in [2.45, 2.75) is 57.4 Å². The van der Waals surface area contributed by atoms with Gasteiger partial charge in [0, 0.05) is 42.7 Å². The number of urea groups is 1. The number of aromatic amines is 1. The Labute approximate surface area is 204 Å². The van der Waals surface area contributed by atoms with Crippen LogP contribution < -0.4 is 10.6 Å². The fourth-order valence-electron chi connectivity index (χ4n) is 5.25. The zero-order chi connectivity index (χ0) is 24.8. The molecule has 4 rings (SSSR count). The minimum atomic E-state index is -0.392. The van der Waals surface area contributed by atoms with Crippen molar-refractivity contribution in [1.29, 1.82) is 0 Å². The number of para-hydroxylation sites is 1. The summed E-state index contributed by atoms with van der Waals surface area (Å²) in [5, 5.41) is 7.06. The molecule has 4 amide bonds. The van der Waals surface area contributed by atoms with E-state index in [9.17, 15) is 19.2 Å². The SMILES string of the molecule is COC(=O)C1CCC2C(=O)N(CCCCCC(=O)NCCc3c[nH]c4ccccc34)C(=O)NC2C1. The van der Waals surface area contributed by atoms with Crippen LogP contribution in [-0.2, 0) is 25.5 Å². The number of nitrogens with zero attached hydrogens (tertiary/aromatic N) is 1. The number of nitrogens with one attached hydrogen (secondary N) is 3. The second kappa shape index (κ2) is 11.4. The van der Waals surface area contributed by atoms with Gasteiger partial charge < -0.3 is 20.4 Å². The molecule has 188 valence electrons. The summed E-state index contributed by atoms with van der Waals surface area (Å²) in [6.07, 6.45) is 6.90. The predicted octanol–water partition coefficient (Wildman–Crippen LogP) is 2.90. The lowest BCUT2D eigenvalue weighted by molar-refractivity contribution is -0.149. The van der Waals surface area contributed by atoms with Crippen LogP contribution in [0.2, 0.25) is 0 Å². The third kappa shape index (κ3) is 5.83. The van der Waals surface area contributed by atoms with Gasteiger partial charge in [0.15, 0.2) is 0 Å². The van der Waals surface area contributed by atoms with Crippen LogP contribution >= 0.6 is 0 Å². The summed E-state index contributed by atoms with van der Waals surface area (Å²) >= 11 is 0. The Balaban J connectivity index is 1.12. The number of methoxy groups -OCH3 is 1. The zero-order valence-electron chi connectivity index (χ0n) is 20.2. The highest BCUT2D eigenvalue weighted by Crippen LogP contribution is 2.33. The molecule has 1 aliphatic heterocycles. The number of esters is 1. The molecule has 1 aromatic heterocycles. The molecule has 0 radical (unpaired) electrons. The highest BCUT2D eigenvalue weighted by atomic mass is 16.5. The lowest BCUT2D eigenvalue weighted by Gasteiger charge is -2.41. The van der Waals surface area contributed by atoms with Crippen molar-refractivity contribution in [3.05, 3.63) is 36.0 Å². The van der Waals surface area contributed by atoms with Crippen LogP contribution in [0.15, 0.2) is 30.5 Å². The number of carbonyl (C=O) groups is 4. The van der Waals surface area contributed by atoms with Crippen molar-refractivity contribution in [2.24, 2.45) is 11.8 Å². The summed E-state index contributed by atoms with van der Waals surface area (Å²) in [6, 6.07) is 7.41. The maximum atomic E-state index is 12.9. The van der Waals surface area contributed by atoms with Crippen molar-refractivity contribution in [1.82, 2.24) is 20.5 Å². The van der Waals surface area contributed by atoms with Crippen molar-refractivity contribution >= 4 is 34.7 Å². The number of fused-ring (bicyclic) bond motifs is 2. The molecule has 0 bridgehead atoms. The number of amides is 4. The third-order valence-corrected chi connectivity index (χ3v) is 7.20. The fourth-order valence-corrected chi connectivity index (χ4v) is 5.25. The number of hydrogen-bond acceptors (Lipinski definition) is 5. The molecule has 3 unspecified atom stereocenters. The molecule has 1 saturated heterocycles. The number of H-pyrrole nitrogens is 1. The minimum Gasteiger partial charge on any atom is -0.469 e. The number of hydrogen-bond donors (Lipinski definition) is 3. The first-order valence-corrected chi connectivity index (χ1v) is 12.5. The minimum absolute atomic E-state index is 0.0156. The smallest absolute Gasteiger partial charge is 0.324 e. The van der Waals surface area contributed by atoms with Crippen LogP contribution in [0.3, 0.4) is 0 Å². The Bertz CT molecular complexity index is 1080. The maximum Gasteiger partial charge on any atom is 0.324 e. The van der Waals surface area contributed by atoms with Crippen LogP contribution in [0.1, 0.15) is 50.5 Å². The van der Waals surface area contributed by atoms with Gasteiger partial charge in [-0.15, -0.1) is 0 Å². The Hall–Kier alpha value is -3.36. The van der Waals surface area contributed by atoms with Crippen molar-refractivity contribution in [2.75, 3.05) is 20.2 Å². The van der Waals surface area contributed by atoms with Crippen molar-refractivity contribution in [3.63, 3.8) is 0 Å². The molecule has 2 fully saturated rings. The van der Waals surface area contributed by atoms with Gasteiger partial charge in [-0.2, -0.15) is 0 Å². The highest BCUT2D eigenvalue weighted by Gasteiger charge is 2.45. The van der Waals surface area contributed by atoms with E-state index in [-0.39, 0.29) is 35.7 Å². The number of ether oxygens (including phenoxy) is 1. The molecule has 0 spiro atoms. The Morgan fingerprint density at radius 1 is 1.14 bits per heavy atom. The molecule has 2 aromatic rings. The van der Waals surface area contributed by atoms with Gasteiger partial charge in [-0.1, -0.05) is 24.6 Å². The molecule has 1 saturated carbocycles. The molecule has 1 aromatic carbocycles. The highest BCUT2D eigenvalue weighted by molar-refractivity contribution is 5.99. The summed E-state index contributed by atoms with van der Waals surface area (Å²) in [5.74, 6) is -0.973. The number of rotatable bonds is 10. The van der Waals surface area contributed by atoms with E-state index >= 15 is 0 Å². The second-order valence-electron chi connectivity index (χ2n) is 9.46. The molecule has 35 heavy (non-hydrogen) atoms. The fraction of sp³-hybridized carbons (Fsp3) is 0.538. The van der Waals surface area contributed by atoms with Gasteiger partial charge >= 0.3 is 12.0 Å². The van der Waals surface area contributed by atoms with Gasteiger partial charge in [0.2, 0.25) is 11.8 Å². The number of benzene rings is 1. The van der Waals surface area contributed by atoms with E-state index in [0.717, 1.165) is 18.4 Å². The standard InChI is InChI=1S/C26H34N4O5/c1-35-25(33)17-10-11-20-22(15-17)29-26(34)30(24(20)32)14-6-2-3-9-23(31)27-13-12-18-16-28-21-8-5-4-7-19(18)21/h4-5,7-8,16-17,20,22,28H,2-3,6,9-15H2,1H3,(H,27,31)(H,29,34). The first-order valence-electron chi connectivity index (χ1n) is 12.5. The van der Waals surface area contributed by atoms with Crippen molar-refractivity contribution in [3.8, 4) is 0 Å². The molecule has 9 nitrogen and oxygen atoms in total. The van der Waals surface area contributed by atoms with E-state index in [4.69, 9.17) is 4.74 Å². The lowest BCUT2D eigenvalue weighted by Crippen LogP contribution is -2.61. The van der Waals surface area contributed by atoms with Gasteiger partial charge in [0.25, 0.3) is 0 Å². The average molecular weight is 483 g/mol. The largest absolute Gasteiger partial charge is 0.469 e. The molecule has 2 heterocycles. The van der Waals surface area contributed by atoms with Crippen LogP contribution in [-0.4, -0.2) is 59.9 Å². The van der Waals surface area contributed by atoms with E-state index < -0.39 is 6.03 Å². The molecule has 3 atom stereocenters.